The molecular formula is C19H21F2N5O4. The average Bonchev–Trinajstić information content (AvgIpc) is 3.24. The molecule has 0 saturated carbocycles. The number of alkyl halides is 2. The largest absolute Gasteiger partial charge is 0.491 e. The van der Waals surface area contributed by atoms with Crippen LogP contribution in [0.2, 0.25) is 0 Å². The summed E-state index contributed by atoms with van der Waals surface area (Å²) in [6, 6.07) is 4.23. The van der Waals surface area contributed by atoms with E-state index in [2.05, 4.69) is 10.3 Å². The molecule has 2 saturated heterocycles. The van der Waals surface area contributed by atoms with E-state index < -0.39 is 18.6 Å². The van der Waals surface area contributed by atoms with Crippen molar-refractivity contribution in [3.05, 3.63) is 24.4 Å². The Morgan fingerprint density at radius 1 is 1.33 bits per heavy atom. The van der Waals surface area contributed by atoms with Crippen LogP contribution in [0.25, 0.3) is 11.4 Å². The molecule has 0 radical (unpaired) electrons. The van der Waals surface area contributed by atoms with E-state index in [4.69, 9.17) is 19.9 Å². The van der Waals surface area contributed by atoms with Gasteiger partial charge >= 0.3 is 6.09 Å². The molecule has 1 amide bonds. The summed E-state index contributed by atoms with van der Waals surface area (Å²) >= 11 is 0. The Kier molecular flexibility index (Phi) is 4.51. The van der Waals surface area contributed by atoms with E-state index in [9.17, 15) is 13.6 Å². The van der Waals surface area contributed by atoms with Gasteiger partial charge in [0.25, 0.3) is 6.43 Å². The molecule has 2 fully saturated rings. The highest BCUT2D eigenvalue weighted by molar-refractivity contribution is 5.89. The highest BCUT2D eigenvalue weighted by atomic mass is 19.3. The normalized spacial score (nSPS) is 21.9. The van der Waals surface area contributed by atoms with E-state index in [0.717, 1.165) is 10.6 Å². The second kappa shape index (κ2) is 7.10. The topological polar surface area (TPSA) is 104 Å². The third kappa shape index (κ3) is 3.23. The van der Waals surface area contributed by atoms with Crippen molar-refractivity contribution in [1.29, 1.82) is 0 Å². The third-order valence-corrected chi connectivity index (χ3v) is 5.44. The van der Waals surface area contributed by atoms with Crippen LogP contribution in [-0.4, -0.2) is 66.6 Å². The lowest BCUT2D eigenvalue weighted by Gasteiger charge is -2.38. The lowest BCUT2D eigenvalue weighted by atomic mass is 9.99. The van der Waals surface area contributed by atoms with Crippen LogP contribution in [-0.2, 0) is 16.0 Å². The number of amides is 1. The number of imidazole rings is 1. The summed E-state index contributed by atoms with van der Waals surface area (Å²) in [5.74, 6) is 1.30. The number of halogens is 2. The van der Waals surface area contributed by atoms with Crippen LogP contribution >= 0.6 is 0 Å². The van der Waals surface area contributed by atoms with Gasteiger partial charge in [-0.15, -0.1) is 0 Å². The number of hydrogen-bond donors (Lipinski definition) is 2. The molecule has 2 aromatic rings. The van der Waals surface area contributed by atoms with Gasteiger partial charge in [0.05, 0.1) is 30.9 Å². The van der Waals surface area contributed by atoms with E-state index in [0.29, 0.717) is 50.0 Å². The molecule has 9 nitrogen and oxygen atoms in total. The van der Waals surface area contributed by atoms with Gasteiger partial charge in [-0.2, -0.15) is 0 Å². The summed E-state index contributed by atoms with van der Waals surface area (Å²) in [6.07, 6.45) is -1.97. The first-order valence-electron chi connectivity index (χ1n) is 9.63. The number of fused-ring (bicyclic) bond motifs is 3. The van der Waals surface area contributed by atoms with Crippen LogP contribution in [0.15, 0.2) is 24.4 Å². The molecule has 0 spiro atoms. The van der Waals surface area contributed by atoms with Crippen molar-refractivity contribution >= 4 is 17.6 Å². The number of nitrogens with two attached hydrogens (primary N) is 1. The number of hydrogen-bond acceptors (Lipinski definition) is 7. The fourth-order valence-electron chi connectivity index (χ4n) is 3.72. The maximum Gasteiger partial charge on any atom is 0.416 e. The molecule has 3 aliphatic heterocycles. The second-order valence-electron chi connectivity index (χ2n) is 7.73. The summed E-state index contributed by atoms with van der Waals surface area (Å²) in [7, 11) is 0. The standard InChI is InChI=1S/C19H21F2N5O4/c20-16(21)13-7-30-18(27)26(13)15-6-25-3-4-29-14-5-11(1-2-12(14)17(25)24-15)23-8-19(22)9-28-10-19/h1-2,5-6,13,16,23H,3-4,7-10,22H2/t13-/m0/s1. The van der Waals surface area contributed by atoms with Crippen molar-refractivity contribution in [2.45, 2.75) is 24.6 Å². The number of nitrogens with one attached hydrogen (secondary N) is 1. The van der Waals surface area contributed by atoms with E-state index in [1.54, 1.807) is 10.8 Å². The van der Waals surface area contributed by atoms with Gasteiger partial charge in [-0.05, 0) is 12.1 Å². The molecule has 3 aliphatic rings. The van der Waals surface area contributed by atoms with Crippen LogP contribution in [0.4, 0.5) is 25.1 Å². The molecule has 3 N–H and O–H groups in total. The third-order valence-electron chi connectivity index (χ3n) is 5.44. The molecule has 1 aromatic carbocycles. The van der Waals surface area contributed by atoms with Gasteiger partial charge in [-0.3, -0.25) is 0 Å². The Morgan fingerprint density at radius 2 is 2.17 bits per heavy atom. The van der Waals surface area contributed by atoms with Crippen molar-refractivity contribution in [3.63, 3.8) is 0 Å². The fourth-order valence-corrected chi connectivity index (χ4v) is 3.72. The van der Waals surface area contributed by atoms with Gasteiger partial charge in [-0.25, -0.2) is 23.5 Å². The zero-order chi connectivity index (χ0) is 20.9. The van der Waals surface area contributed by atoms with Crippen molar-refractivity contribution in [1.82, 2.24) is 9.55 Å². The molecule has 30 heavy (non-hydrogen) atoms. The number of aromatic nitrogens is 2. The fraction of sp³-hybridized carbons (Fsp3) is 0.474. The number of rotatable bonds is 5. The van der Waals surface area contributed by atoms with E-state index >= 15 is 0 Å². The molecule has 160 valence electrons. The summed E-state index contributed by atoms with van der Waals surface area (Å²) in [6.45, 7) is 2.07. The zero-order valence-corrected chi connectivity index (χ0v) is 16.0. The number of carbonyl (C=O) groups excluding carboxylic acids is 1. The van der Waals surface area contributed by atoms with Crippen molar-refractivity contribution in [3.8, 4) is 17.1 Å². The number of carbonyl (C=O) groups is 1. The monoisotopic (exact) mass is 421 g/mol. The number of benzene rings is 1. The minimum atomic E-state index is -2.73. The second-order valence-corrected chi connectivity index (χ2v) is 7.73. The molecule has 11 heteroatoms. The maximum atomic E-state index is 13.3. The average molecular weight is 421 g/mol. The van der Waals surface area contributed by atoms with E-state index in [-0.39, 0.29) is 18.0 Å². The first-order valence-corrected chi connectivity index (χ1v) is 9.63. The molecule has 4 heterocycles. The highest BCUT2D eigenvalue weighted by Crippen LogP contribution is 2.37. The van der Waals surface area contributed by atoms with Gasteiger partial charge < -0.3 is 29.8 Å². The van der Waals surface area contributed by atoms with Gasteiger partial charge in [0, 0.05) is 24.5 Å². The van der Waals surface area contributed by atoms with Gasteiger partial charge in [0.15, 0.2) is 5.82 Å². The molecule has 0 unspecified atom stereocenters. The predicted octanol–water partition coefficient (Wildman–Crippen LogP) is 1.67. The smallest absolute Gasteiger partial charge is 0.416 e. The van der Waals surface area contributed by atoms with Gasteiger partial charge in [0.1, 0.15) is 30.8 Å². The molecule has 5 rings (SSSR count). The summed E-state index contributed by atoms with van der Waals surface area (Å²) in [5.41, 5.74) is 7.33. The molecule has 1 aromatic heterocycles. The Morgan fingerprint density at radius 3 is 2.90 bits per heavy atom. The first kappa shape index (κ1) is 19.1. The van der Waals surface area contributed by atoms with Gasteiger partial charge in [-0.1, -0.05) is 0 Å². The van der Waals surface area contributed by atoms with Crippen LogP contribution in [0, 0.1) is 0 Å². The number of ether oxygens (including phenoxy) is 3. The van der Waals surface area contributed by atoms with Crippen molar-refractivity contribution in [2.75, 3.05) is 43.2 Å². The Balaban J connectivity index is 1.43. The lowest BCUT2D eigenvalue weighted by molar-refractivity contribution is -0.0461. The molecular weight excluding hydrogens is 400 g/mol. The van der Waals surface area contributed by atoms with Crippen molar-refractivity contribution in [2.24, 2.45) is 5.73 Å². The summed E-state index contributed by atoms with van der Waals surface area (Å²) < 4.78 is 44.3. The van der Waals surface area contributed by atoms with E-state index in [1.165, 1.54) is 0 Å². The maximum absolute atomic E-state index is 13.3. The highest BCUT2D eigenvalue weighted by Gasteiger charge is 2.42. The number of anilines is 2. The zero-order valence-electron chi connectivity index (χ0n) is 16.0. The van der Waals surface area contributed by atoms with Gasteiger partial charge in [0.2, 0.25) is 0 Å². The minimum Gasteiger partial charge on any atom is -0.491 e. The van der Waals surface area contributed by atoms with Crippen molar-refractivity contribution < 1.29 is 27.8 Å². The predicted molar refractivity (Wildman–Crippen MR) is 103 cm³/mol. The van der Waals surface area contributed by atoms with E-state index in [1.807, 2.05) is 18.2 Å². The summed E-state index contributed by atoms with van der Waals surface area (Å²) in [5, 5.41) is 3.29. The first-order chi connectivity index (χ1) is 14.4. The molecule has 1 atom stereocenters. The molecule has 0 aliphatic carbocycles. The van der Waals surface area contributed by atoms with Crippen LogP contribution in [0.5, 0.6) is 5.75 Å². The number of nitrogens with zero attached hydrogens (tertiary/aromatic N) is 3. The minimum absolute atomic E-state index is 0.142. The Labute approximate surface area is 170 Å². The number of cyclic esters (lactones) is 1. The Bertz CT molecular complexity index is 978. The summed E-state index contributed by atoms with van der Waals surface area (Å²) in [4.78, 5) is 17.4. The lowest BCUT2D eigenvalue weighted by Crippen LogP contribution is -2.61. The van der Waals surface area contributed by atoms with Crippen LogP contribution < -0.4 is 20.7 Å². The molecule has 0 bridgehead atoms. The van der Waals surface area contributed by atoms with Crippen LogP contribution in [0.1, 0.15) is 0 Å². The Hall–Kier alpha value is -2.92. The SMILES string of the molecule is NC1(CNc2ccc3c(c2)OCCn2cc(N4C(=O)OC[C@H]4C(F)F)nc2-3)COC1. The quantitative estimate of drug-likeness (QED) is 0.757. The van der Waals surface area contributed by atoms with Crippen LogP contribution in [0.3, 0.4) is 0 Å².